The number of amides is 2. The number of esters is 1. The number of hydrogen-bond donors (Lipinski definition) is 1. The fourth-order valence-corrected chi connectivity index (χ4v) is 4.40. The molecule has 31 heavy (non-hydrogen) atoms. The summed E-state index contributed by atoms with van der Waals surface area (Å²) in [7, 11) is 1.32. The highest BCUT2D eigenvalue weighted by Gasteiger charge is 2.36. The highest BCUT2D eigenvalue weighted by Crippen LogP contribution is 2.27. The average molecular weight is 484 g/mol. The lowest BCUT2D eigenvalue weighted by Crippen LogP contribution is -2.53. The first kappa shape index (κ1) is 23.4. The van der Waals surface area contributed by atoms with Gasteiger partial charge in [-0.1, -0.05) is 47.5 Å². The van der Waals surface area contributed by atoms with Crippen LogP contribution in [-0.4, -0.2) is 42.3 Å². The lowest BCUT2D eigenvalue weighted by molar-refractivity contribution is -0.147. The number of benzene rings is 2. The number of rotatable bonds is 7. The molecule has 9 heteroatoms. The van der Waals surface area contributed by atoms with Crippen molar-refractivity contribution in [3.8, 4) is 0 Å². The summed E-state index contributed by atoms with van der Waals surface area (Å²) in [5.74, 6) is -1.23. The highest BCUT2D eigenvalue weighted by atomic mass is 35.5. The first-order valence-electron chi connectivity index (χ1n) is 9.62. The summed E-state index contributed by atoms with van der Waals surface area (Å²) in [5, 5.41) is 3.21. The Morgan fingerprint density at radius 3 is 2.61 bits per heavy atom. The maximum Gasteiger partial charge on any atom is 0.317 e. The van der Waals surface area contributed by atoms with Crippen LogP contribution in [0.15, 0.2) is 42.5 Å². The van der Waals surface area contributed by atoms with Crippen LogP contribution in [0.5, 0.6) is 0 Å². The predicted octanol–water partition coefficient (Wildman–Crippen LogP) is 4.55. The summed E-state index contributed by atoms with van der Waals surface area (Å²) in [5.41, 5.74) is 1.75. The monoisotopic (exact) mass is 482 g/mol. The Bertz CT molecular complexity index is 998. The second kappa shape index (κ2) is 10.4. The van der Waals surface area contributed by atoms with Gasteiger partial charge in [0.25, 0.3) is 5.24 Å². The molecule has 2 atom stereocenters. The molecule has 1 aliphatic heterocycles. The summed E-state index contributed by atoms with van der Waals surface area (Å²) < 4.78 is 5.03. The van der Waals surface area contributed by atoms with E-state index in [9.17, 15) is 14.4 Å². The first-order valence-corrected chi connectivity index (χ1v) is 10.8. The van der Waals surface area contributed by atoms with Crippen LogP contribution >= 0.6 is 34.8 Å². The van der Waals surface area contributed by atoms with Crippen molar-refractivity contribution in [2.75, 3.05) is 20.2 Å². The average Bonchev–Trinajstić information content (AvgIpc) is 2.75. The van der Waals surface area contributed by atoms with Gasteiger partial charge in [0.1, 0.15) is 0 Å². The smallest absolute Gasteiger partial charge is 0.317 e. The van der Waals surface area contributed by atoms with Crippen molar-refractivity contribution in [2.24, 2.45) is 11.8 Å². The van der Waals surface area contributed by atoms with Gasteiger partial charge in [0, 0.05) is 41.2 Å². The SMILES string of the molecule is COC(=O)C(Cc1ccccc1C(=O)Cl)C1CNC(=O)N(Cc2ccc(Cl)cc2Cl)C1. The van der Waals surface area contributed by atoms with E-state index in [0.717, 1.165) is 5.56 Å². The summed E-state index contributed by atoms with van der Waals surface area (Å²) >= 11 is 17.9. The zero-order valence-corrected chi connectivity index (χ0v) is 19.0. The molecule has 0 aromatic heterocycles. The Morgan fingerprint density at radius 2 is 1.94 bits per heavy atom. The second-order valence-corrected chi connectivity index (χ2v) is 8.51. The number of urea groups is 1. The predicted molar refractivity (Wildman–Crippen MR) is 120 cm³/mol. The van der Waals surface area contributed by atoms with E-state index in [1.165, 1.54) is 7.11 Å². The third-order valence-electron chi connectivity index (χ3n) is 5.38. The lowest BCUT2D eigenvalue weighted by Gasteiger charge is -2.36. The van der Waals surface area contributed by atoms with Crippen molar-refractivity contribution in [2.45, 2.75) is 13.0 Å². The van der Waals surface area contributed by atoms with E-state index in [1.807, 2.05) is 0 Å². The normalized spacial score (nSPS) is 17.1. The topological polar surface area (TPSA) is 75.7 Å². The van der Waals surface area contributed by atoms with E-state index < -0.39 is 17.1 Å². The Morgan fingerprint density at radius 1 is 1.19 bits per heavy atom. The van der Waals surface area contributed by atoms with Crippen LogP contribution in [0.3, 0.4) is 0 Å². The molecule has 0 saturated carbocycles. The van der Waals surface area contributed by atoms with Crippen LogP contribution in [0.4, 0.5) is 4.79 Å². The van der Waals surface area contributed by atoms with Crippen molar-refractivity contribution >= 4 is 52.0 Å². The zero-order chi connectivity index (χ0) is 22.5. The number of nitrogens with one attached hydrogen (secondary N) is 1. The first-order chi connectivity index (χ1) is 14.8. The summed E-state index contributed by atoms with van der Waals surface area (Å²) in [6.07, 6.45) is 0.261. The van der Waals surface area contributed by atoms with Gasteiger partial charge in [-0.3, -0.25) is 9.59 Å². The minimum absolute atomic E-state index is 0.241. The Kier molecular flexibility index (Phi) is 7.81. The summed E-state index contributed by atoms with van der Waals surface area (Å²) in [4.78, 5) is 38.5. The molecule has 0 radical (unpaired) electrons. The van der Waals surface area contributed by atoms with Gasteiger partial charge in [-0.05, 0) is 47.3 Å². The van der Waals surface area contributed by atoms with Crippen molar-refractivity contribution in [3.63, 3.8) is 0 Å². The van der Waals surface area contributed by atoms with Gasteiger partial charge in [-0.15, -0.1) is 0 Å². The molecule has 1 saturated heterocycles. The van der Waals surface area contributed by atoms with Gasteiger partial charge in [0.05, 0.1) is 13.0 Å². The zero-order valence-electron chi connectivity index (χ0n) is 16.7. The standard InChI is InChI=1S/C22H21Cl3N2O4/c1-31-21(29)18(8-13-4-2-3-5-17(13)20(25)28)15-10-26-22(30)27(12-15)11-14-6-7-16(23)9-19(14)24/h2-7,9,15,18H,8,10-12H2,1H3,(H,26,30). The van der Waals surface area contributed by atoms with Crippen LogP contribution in [0, 0.1) is 11.8 Å². The Hall–Kier alpha value is -2.28. The lowest BCUT2D eigenvalue weighted by atomic mass is 9.84. The minimum atomic E-state index is -0.588. The molecule has 6 nitrogen and oxygen atoms in total. The minimum Gasteiger partial charge on any atom is -0.469 e. The van der Waals surface area contributed by atoms with E-state index in [-0.39, 0.29) is 24.9 Å². The second-order valence-electron chi connectivity index (χ2n) is 7.33. The fraction of sp³-hybridized carbons (Fsp3) is 0.318. The molecular weight excluding hydrogens is 463 g/mol. The number of methoxy groups -OCH3 is 1. The van der Waals surface area contributed by atoms with Crippen molar-refractivity contribution in [3.05, 3.63) is 69.2 Å². The molecule has 3 rings (SSSR count). The van der Waals surface area contributed by atoms with Gasteiger partial charge >= 0.3 is 12.0 Å². The Labute approximate surface area is 195 Å². The molecular formula is C22H21Cl3N2O4. The van der Waals surface area contributed by atoms with E-state index in [0.29, 0.717) is 34.3 Å². The highest BCUT2D eigenvalue weighted by molar-refractivity contribution is 6.67. The maximum atomic E-state index is 12.6. The van der Waals surface area contributed by atoms with E-state index in [1.54, 1.807) is 47.4 Å². The van der Waals surface area contributed by atoms with Gasteiger partial charge in [0.2, 0.25) is 0 Å². The molecule has 1 N–H and O–H groups in total. The van der Waals surface area contributed by atoms with Crippen LogP contribution in [0.1, 0.15) is 21.5 Å². The molecule has 1 aliphatic rings. The number of carbonyl (C=O) groups is 3. The Balaban J connectivity index is 1.82. The van der Waals surface area contributed by atoms with Gasteiger partial charge in [0.15, 0.2) is 0 Å². The van der Waals surface area contributed by atoms with Crippen molar-refractivity contribution in [1.82, 2.24) is 10.2 Å². The molecule has 1 heterocycles. The molecule has 164 valence electrons. The van der Waals surface area contributed by atoms with Crippen LogP contribution in [-0.2, 0) is 22.5 Å². The number of ether oxygens (including phenoxy) is 1. The molecule has 2 aromatic carbocycles. The summed E-state index contributed by atoms with van der Waals surface area (Å²) in [6.45, 7) is 0.894. The number of carbonyl (C=O) groups excluding carboxylic acids is 3. The van der Waals surface area contributed by atoms with Crippen LogP contribution in [0.2, 0.25) is 10.0 Å². The molecule has 0 spiro atoms. The molecule has 0 aliphatic carbocycles. The van der Waals surface area contributed by atoms with Gasteiger partial charge in [-0.2, -0.15) is 0 Å². The van der Waals surface area contributed by atoms with Crippen molar-refractivity contribution < 1.29 is 19.1 Å². The quantitative estimate of drug-likeness (QED) is 0.463. The van der Waals surface area contributed by atoms with Crippen molar-refractivity contribution in [1.29, 1.82) is 0 Å². The molecule has 2 amide bonds. The van der Waals surface area contributed by atoms with E-state index >= 15 is 0 Å². The van der Waals surface area contributed by atoms with Gasteiger partial charge in [-0.25, -0.2) is 4.79 Å². The maximum absolute atomic E-state index is 12.6. The third kappa shape index (κ3) is 5.70. The van der Waals surface area contributed by atoms with E-state index in [2.05, 4.69) is 5.32 Å². The number of halogens is 3. The van der Waals surface area contributed by atoms with Crippen LogP contribution < -0.4 is 5.32 Å². The molecule has 1 fully saturated rings. The summed E-state index contributed by atoms with van der Waals surface area (Å²) in [6, 6.07) is 11.7. The van der Waals surface area contributed by atoms with Crippen LogP contribution in [0.25, 0.3) is 0 Å². The molecule has 2 aromatic rings. The third-order valence-corrected chi connectivity index (χ3v) is 6.17. The van der Waals surface area contributed by atoms with E-state index in [4.69, 9.17) is 39.5 Å². The number of hydrogen-bond acceptors (Lipinski definition) is 4. The molecule has 0 bridgehead atoms. The fourth-order valence-electron chi connectivity index (χ4n) is 3.74. The number of nitrogens with zero attached hydrogens (tertiary/aromatic N) is 1. The largest absolute Gasteiger partial charge is 0.469 e. The molecule has 2 unspecified atom stereocenters. The van der Waals surface area contributed by atoms with Gasteiger partial charge < -0.3 is 15.0 Å².